The average Bonchev–Trinajstić information content (AvgIpc) is 3.39. The van der Waals surface area contributed by atoms with Crippen LogP contribution < -0.4 is 5.73 Å². The summed E-state index contributed by atoms with van der Waals surface area (Å²) in [7, 11) is 1.77. The van der Waals surface area contributed by atoms with Crippen LogP contribution in [0.3, 0.4) is 0 Å². The molecule has 0 aliphatic carbocycles. The Bertz CT molecular complexity index is 1390. The lowest BCUT2D eigenvalue weighted by atomic mass is 10.1. The van der Waals surface area contributed by atoms with Crippen molar-refractivity contribution in [3.05, 3.63) is 54.0 Å². The molecular weight excluding hydrogens is 399 g/mol. The molecule has 0 saturated carbocycles. The largest absolute Gasteiger partial charge is 0.416 e. The number of anilines is 1. The SMILES string of the molecule is Cn1cc2c(nc(N)n3nc(-c4cnn(Cc5cccc(C(F)(F)F)c5)c4)nc23)n1. The van der Waals surface area contributed by atoms with Gasteiger partial charge in [0.25, 0.3) is 0 Å². The summed E-state index contributed by atoms with van der Waals surface area (Å²) >= 11 is 0. The second-order valence-corrected chi connectivity index (χ2v) is 6.81. The molecule has 0 saturated heterocycles. The zero-order valence-corrected chi connectivity index (χ0v) is 15.5. The predicted octanol–water partition coefficient (Wildman–Crippen LogP) is 2.52. The molecule has 12 heteroatoms. The number of benzene rings is 1. The summed E-state index contributed by atoms with van der Waals surface area (Å²) in [4.78, 5) is 8.74. The molecule has 0 aliphatic rings. The maximum absolute atomic E-state index is 12.9. The van der Waals surface area contributed by atoms with E-state index < -0.39 is 11.7 Å². The standard InChI is InChI=1S/C18H14F3N9/c1-28-9-13-15(26-28)25-17(22)30-16(13)24-14(27-30)11-6-23-29(8-11)7-10-3-2-4-12(5-10)18(19,20)21/h2-6,8-9H,7H2,1H3,(H2,22,25,26). The van der Waals surface area contributed by atoms with Crippen LogP contribution in [0.15, 0.2) is 42.9 Å². The van der Waals surface area contributed by atoms with Gasteiger partial charge in [0.2, 0.25) is 5.95 Å². The first-order valence-corrected chi connectivity index (χ1v) is 8.82. The van der Waals surface area contributed by atoms with Crippen LogP contribution in [-0.4, -0.2) is 39.1 Å². The second-order valence-electron chi connectivity index (χ2n) is 6.81. The Morgan fingerprint density at radius 1 is 1.10 bits per heavy atom. The van der Waals surface area contributed by atoms with Crippen molar-refractivity contribution < 1.29 is 13.2 Å². The molecule has 5 rings (SSSR count). The summed E-state index contributed by atoms with van der Waals surface area (Å²) in [5, 5.41) is 13.5. The van der Waals surface area contributed by atoms with E-state index in [1.807, 2.05) is 0 Å². The van der Waals surface area contributed by atoms with E-state index >= 15 is 0 Å². The Morgan fingerprint density at radius 2 is 1.93 bits per heavy atom. The fraction of sp³-hybridized carbons (Fsp3) is 0.167. The summed E-state index contributed by atoms with van der Waals surface area (Å²) in [6, 6.07) is 5.14. The lowest BCUT2D eigenvalue weighted by molar-refractivity contribution is -0.137. The Morgan fingerprint density at radius 3 is 2.73 bits per heavy atom. The summed E-state index contributed by atoms with van der Waals surface area (Å²) in [6.45, 7) is 0.174. The molecule has 0 amide bonds. The number of aromatic nitrogens is 8. The van der Waals surface area contributed by atoms with Crippen molar-refractivity contribution in [2.75, 3.05) is 5.73 Å². The van der Waals surface area contributed by atoms with Gasteiger partial charge in [-0.05, 0) is 17.7 Å². The van der Waals surface area contributed by atoms with Crippen molar-refractivity contribution in [3.8, 4) is 11.4 Å². The normalized spacial score (nSPS) is 12.3. The quantitative estimate of drug-likeness (QED) is 0.487. The van der Waals surface area contributed by atoms with Gasteiger partial charge >= 0.3 is 6.18 Å². The Labute approximate surface area is 166 Å². The third kappa shape index (κ3) is 3.02. The molecule has 0 fully saturated rings. The van der Waals surface area contributed by atoms with E-state index in [9.17, 15) is 13.2 Å². The highest BCUT2D eigenvalue weighted by molar-refractivity contribution is 5.90. The first kappa shape index (κ1) is 18.1. The number of aryl methyl sites for hydroxylation is 1. The molecule has 9 nitrogen and oxygen atoms in total. The van der Waals surface area contributed by atoms with Crippen LogP contribution in [0.25, 0.3) is 28.1 Å². The maximum atomic E-state index is 12.9. The number of nitrogens with zero attached hydrogens (tertiary/aromatic N) is 8. The lowest BCUT2D eigenvalue weighted by Crippen LogP contribution is -2.07. The smallest absolute Gasteiger partial charge is 0.368 e. The molecule has 0 radical (unpaired) electrons. The van der Waals surface area contributed by atoms with Gasteiger partial charge in [-0.15, -0.1) is 5.10 Å². The zero-order valence-electron chi connectivity index (χ0n) is 15.5. The topological polar surface area (TPSA) is 105 Å². The van der Waals surface area contributed by atoms with Crippen molar-refractivity contribution in [2.45, 2.75) is 12.7 Å². The van der Waals surface area contributed by atoms with E-state index in [4.69, 9.17) is 5.73 Å². The van der Waals surface area contributed by atoms with Crippen LogP contribution in [0.4, 0.5) is 19.1 Å². The van der Waals surface area contributed by atoms with Crippen molar-refractivity contribution in [1.82, 2.24) is 39.1 Å². The van der Waals surface area contributed by atoms with Crippen molar-refractivity contribution in [3.63, 3.8) is 0 Å². The van der Waals surface area contributed by atoms with Gasteiger partial charge < -0.3 is 5.73 Å². The van der Waals surface area contributed by atoms with Crippen LogP contribution in [0.1, 0.15) is 11.1 Å². The molecule has 5 aromatic rings. The van der Waals surface area contributed by atoms with Gasteiger partial charge in [0.05, 0.1) is 29.3 Å². The third-order valence-electron chi connectivity index (χ3n) is 4.59. The number of hydrogen-bond acceptors (Lipinski definition) is 6. The molecule has 2 N–H and O–H groups in total. The second kappa shape index (κ2) is 6.27. The highest BCUT2D eigenvalue weighted by Gasteiger charge is 2.30. The summed E-state index contributed by atoms with van der Waals surface area (Å²) in [5.41, 5.74) is 7.31. The van der Waals surface area contributed by atoms with Gasteiger partial charge in [-0.25, -0.2) is 4.98 Å². The van der Waals surface area contributed by atoms with E-state index in [0.717, 1.165) is 12.1 Å². The van der Waals surface area contributed by atoms with Gasteiger partial charge in [0.15, 0.2) is 17.1 Å². The fourth-order valence-electron chi connectivity index (χ4n) is 3.24. The predicted molar refractivity (Wildman–Crippen MR) is 101 cm³/mol. The minimum atomic E-state index is -4.39. The third-order valence-corrected chi connectivity index (χ3v) is 4.59. The van der Waals surface area contributed by atoms with E-state index in [0.29, 0.717) is 33.6 Å². The summed E-state index contributed by atoms with van der Waals surface area (Å²) in [5.74, 6) is 0.515. The fourth-order valence-corrected chi connectivity index (χ4v) is 3.24. The van der Waals surface area contributed by atoms with Crippen molar-refractivity contribution in [1.29, 1.82) is 0 Å². The van der Waals surface area contributed by atoms with Crippen LogP contribution in [-0.2, 0) is 19.8 Å². The molecule has 0 bridgehead atoms. The number of rotatable bonds is 3. The number of fused-ring (bicyclic) bond motifs is 3. The van der Waals surface area contributed by atoms with Gasteiger partial charge in [0, 0.05) is 19.4 Å². The highest BCUT2D eigenvalue weighted by atomic mass is 19.4. The van der Waals surface area contributed by atoms with Gasteiger partial charge in [-0.2, -0.15) is 32.9 Å². The van der Waals surface area contributed by atoms with Gasteiger partial charge in [-0.1, -0.05) is 12.1 Å². The molecule has 0 unspecified atom stereocenters. The molecule has 0 atom stereocenters. The number of hydrogen-bond donors (Lipinski definition) is 1. The van der Waals surface area contributed by atoms with Gasteiger partial charge in [0.1, 0.15) is 0 Å². The van der Waals surface area contributed by atoms with Crippen LogP contribution in [0.5, 0.6) is 0 Å². The number of halogens is 3. The Hall–Kier alpha value is -3.96. The van der Waals surface area contributed by atoms with Crippen molar-refractivity contribution in [2.24, 2.45) is 7.05 Å². The number of nitrogens with two attached hydrogens (primary N) is 1. The first-order chi connectivity index (χ1) is 14.3. The van der Waals surface area contributed by atoms with Crippen molar-refractivity contribution >= 4 is 22.6 Å². The molecule has 0 spiro atoms. The Balaban J connectivity index is 1.49. The lowest BCUT2D eigenvalue weighted by Gasteiger charge is -2.08. The zero-order chi connectivity index (χ0) is 21.0. The number of alkyl halides is 3. The van der Waals surface area contributed by atoms with E-state index in [2.05, 4.69) is 25.3 Å². The maximum Gasteiger partial charge on any atom is 0.416 e. The van der Waals surface area contributed by atoms with E-state index in [1.54, 1.807) is 36.4 Å². The molecule has 4 heterocycles. The minimum Gasteiger partial charge on any atom is -0.368 e. The van der Waals surface area contributed by atoms with Crippen LogP contribution >= 0.6 is 0 Å². The molecule has 0 aliphatic heterocycles. The average molecular weight is 413 g/mol. The first-order valence-electron chi connectivity index (χ1n) is 8.82. The summed E-state index contributed by atoms with van der Waals surface area (Å²) < 4.78 is 43.3. The van der Waals surface area contributed by atoms with E-state index in [-0.39, 0.29) is 12.5 Å². The van der Waals surface area contributed by atoms with E-state index in [1.165, 1.54) is 15.3 Å². The highest BCUT2D eigenvalue weighted by Crippen LogP contribution is 2.30. The number of nitrogen functional groups attached to an aromatic ring is 1. The van der Waals surface area contributed by atoms with Crippen LogP contribution in [0.2, 0.25) is 0 Å². The summed E-state index contributed by atoms with van der Waals surface area (Å²) in [6.07, 6.45) is 0.593. The molecule has 4 aromatic heterocycles. The molecule has 1 aromatic carbocycles. The minimum absolute atomic E-state index is 0.145. The Kier molecular flexibility index (Phi) is 3.78. The molecule has 152 valence electrons. The van der Waals surface area contributed by atoms with Crippen LogP contribution in [0, 0.1) is 0 Å². The van der Waals surface area contributed by atoms with Gasteiger partial charge in [-0.3, -0.25) is 9.36 Å². The molecular formula is C18H14F3N9. The molecule has 30 heavy (non-hydrogen) atoms. The monoisotopic (exact) mass is 413 g/mol.